The SMILES string of the molecule is CC1(O)CCN(S(=O)(=O)c2ccc(C#CCO)c(F)c2)C1. The van der Waals surface area contributed by atoms with Gasteiger partial charge in [-0.3, -0.25) is 0 Å². The van der Waals surface area contributed by atoms with Crippen LogP contribution in [0.15, 0.2) is 23.1 Å². The van der Waals surface area contributed by atoms with E-state index in [1.54, 1.807) is 6.92 Å². The van der Waals surface area contributed by atoms with Crippen LogP contribution in [-0.4, -0.2) is 48.2 Å². The highest BCUT2D eigenvalue weighted by Gasteiger charge is 2.38. The fourth-order valence-electron chi connectivity index (χ4n) is 2.15. The van der Waals surface area contributed by atoms with Gasteiger partial charge in [0.1, 0.15) is 12.4 Å². The molecule has 1 unspecified atom stereocenters. The Hall–Kier alpha value is -1.46. The van der Waals surface area contributed by atoms with Crippen molar-refractivity contribution in [3.8, 4) is 11.8 Å². The zero-order valence-corrected chi connectivity index (χ0v) is 12.3. The predicted octanol–water partition coefficient (Wildman–Crippen LogP) is 0.315. The summed E-state index contributed by atoms with van der Waals surface area (Å²) in [5, 5.41) is 18.4. The first kappa shape index (κ1) is 15.9. The van der Waals surface area contributed by atoms with Crippen molar-refractivity contribution < 1.29 is 23.0 Å². The lowest BCUT2D eigenvalue weighted by Crippen LogP contribution is -2.34. The number of benzene rings is 1. The predicted molar refractivity (Wildman–Crippen MR) is 74.4 cm³/mol. The maximum atomic E-state index is 13.8. The molecule has 0 amide bonds. The fraction of sp³-hybridized carbons (Fsp3) is 0.429. The lowest BCUT2D eigenvalue weighted by Gasteiger charge is -2.19. The topological polar surface area (TPSA) is 77.8 Å². The van der Waals surface area contributed by atoms with Crippen molar-refractivity contribution in [1.82, 2.24) is 4.31 Å². The van der Waals surface area contributed by atoms with Crippen molar-refractivity contribution in [1.29, 1.82) is 0 Å². The van der Waals surface area contributed by atoms with E-state index in [0.717, 1.165) is 10.4 Å². The molecule has 1 atom stereocenters. The minimum absolute atomic E-state index is 0.0109. The van der Waals surface area contributed by atoms with Crippen LogP contribution in [0.25, 0.3) is 0 Å². The summed E-state index contributed by atoms with van der Waals surface area (Å²) >= 11 is 0. The molecule has 2 N–H and O–H groups in total. The monoisotopic (exact) mass is 313 g/mol. The van der Waals surface area contributed by atoms with Crippen LogP contribution in [0, 0.1) is 17.7 Å². The molecule has 0 aromatic heterocycles. The second kappa shape index (κ2) is 5.73. The molecule has 1 aliphatic rings. The second-order valence-corrected chi connectivity index (χ2v) is 7.13. The molecule has 5 nitrogen and oxygen atoms in total. The van der Waals surface area contributed by atoms with Gasteiger partial charge in [-0.1, -0.05) is 11.8 Å². The van der Waals surface area contributed by atoms with E-state index in [2.05, 4.69) is 11.8 Å². The van der Waals surface area contributed by atoms with Gasteiger partial charge in [-0.15, -0.1) is 0 Å². The van der Waals surface area contributed by atoms with E-state index in [1.807, 2.05) is 0 Å². The van der Waals surface area contributed by atoms with Gasteiger partial charge < -0.3 is 10.2 Å². The van der Waals surface area contributed by atoms with Crippen LogP contribution in [0.3, 0.4) is 0 Å². The van der Waals surface area contributed by atoms with Gasteiger partial charge in [0, 0.05) is 13.1 Å². The van der Waals surface area contributed by atoms with Gasteiger partial charge in [0.25, 0.3) is 0 Å². The van der Waals surface area contributed by atoms with Crippen molar-refractivity contribution in [3.05, 3.63) is 29.6 Å². The molecule has 0 spiro atoms. The number of hydrogen-bond acceptors (Lipinski definition) is 4. The quantitative estimate of drug-likeness (QED) is 0.771. The number of hydrogen-bond donors (Lipinski definition) is 2. The Morgan fingerprint density at radius 3 is 2.71 bits per heavy atom. The number of sulfonamides is 1. The maximum absolute atomic E-state index is 13.8. The molecular weight excluding hydrogens is 297 g/mol. The van der Waals surface area contributed by atoms with Crippen LogP contribution in [0.5, 0.6) is 0 Å². The molecule has 0 saturated carbocycles. The summed E-state index contributed by atoms with van der Waals surface area (Å²) in [6.45, 7) is 1.35. The minimum atomic E-state index is -3.83. The molecule has 0 radical (unpaired) electrons. The van der Waals surface area contributed by atoms with Gasteiger partial charge in [-0.2, -0.15) is 4.31 Å². The van der Waals surface area contributed by atoms with E-state index >= 15 is 0 Å². The van der Waals surface area contributed by atoms with Crippen LogP contribution >= 0.6 is 0 Å². The second-order valence-electron chi connectivity index (χ2n) is 5.19. The Balaban J connectivity index is 2.32. The average molecular weight is 313 g/mol. The van der Waals surface area contributed by atoms with E-state index in [4.69, 9.17) is 5.11 Å². The lowest BCUT2D eigenvalue weighted by molar-refractivity contribution is 0.0762. The highest BCUT2D eigenvalue weighted by molar-refractivity contribution is 7.89. The summed E-state index contributed by atoms with van der Waals surface area (Å²) < 4.78 is 39.7. The number of aliphatic hydroxyl groups is 2. The first-order valence-corrected chi connectivity index (χ1v) is 7.82. The molecule has 1 aliphatic heterocycles. The summed E-state index contributed by atoms with van der Waals surface area (Å²) in [6.07, 6.45) is 0.342. The van der Waals surface area contributed by atoms with Crippen molar-refractivity contribution in [2.45, 2.75) is 23.8 Å². The Labute approximate surface area is 123 Å². The van der Waals surface area contributed by atoms with Crippen molar-refractivity contribution in [2.75, 3.05) is 19.7 Å². The Kier molecular flexibility index (Phi) is 4.35. The Bertz CT molecular complexity index is 703. The summed E-state index contributed by atoms with van der Waals surface area (Å²) in [5.74, 6) is 3.94. The molecule has 2 rings (SSSR count). The van der Waals surface area contributed by atoms with E-state index in [1.165, 1.54) is 12.1 Å². The van der Waals surface area contributed by atoms with E-state index in [9.17, 15) is 17.9 Å². The molecule has 1 aromatic rings. The minimum Gasteiger partial charge on any atom is -0.389 e. The molecule has 1 fully saturated rings. The highest BCUT2D eigenvalue weighted by Crippen LogP contribution is 2.27. The lowest BCUT2D eigenvalue weighted by atomic mass is 10.1. The van der Waals surface area contributed by atoms with Crippen molar-refractivity contribution in [2.24, 2.45) is 0 Å². The molecule has 21 heavy (non-hydrogen) atoms. The molecule has 1 aromatic carbocycles. The summed E-state index contributed by atoms with van der Waals surface area (Å²) in [4.78, 5) is -0.174. The number of halogens is 1. The van der Waals surface area contributed by atoms with Crippen LogP contribution in [-0.2, 0) is 10.0 Å². The zero-order valence-electron chi connectivity index (χ0n) is 11.5. The normalized spacial score (nSPS) is 22.9. The molecule has 7 heteroatoms. The maximum Gasteiger partial charge on any atom is 0.243 e. The van der Waals surface area contributed by atoms with Gasteiger partial charge in [0.2, 0.25) is 10.0 Å². The third-order valence-electron chi connectivity index (χ3n) is 3.30. The van der Waals surface area contributed by atoms with Gasteiger partial charge in [0.05, 0.1) is 16.1 Å². The van der Waals surface area contributed by atoms with Crippen LogP contribution < -0.4 is 0 Å². The van der Waals surface area contributed by atoms with Crippen molar-refractivity contribution in [3.63, 3.8) is 0 Å². The smallest absolute Gasteiger partial charge is 0.243 e. The summed E-state index contributed by atoms with van der Waals surface area (Å²) in [5.41, 5.74) is -1.03. The van der Waals surface area contributed by atoms with Gasteiger partial charge in [-0.25, -0.2) is 12.8 Å². The Morgan fingerprint density at radius 1 is 1.48 bits per heavy atom. The Morgan fingerprint density at radius 2 is 2.19 bits per heavy atom. The number of aliphatic hydroxyl groups excluding tert-OH is 1. The third-order valence-corrected chi connectivity index (χ3v) is 5.14. The average Bonchev–Trinajstić information content (AvgIpc) is 2.78. The van der Waals surface area contributed by atoms with Crippen LogP contribution in [0.4, 0.5) is 4.39 Å². The molecular formula is C14H16FNO4S. The van der Waals surface area contributed by atoms with E-state index < -0.39 is 28.0 Å². The molecule has 0 aliphatic carbocycles. The molecule has 1 heterocycles. The fourth-order valence-corrected chi connectivity index (χ4v) is 3.72. The number of rotatable bonds is 2. The highest BCUT2D eigenvalue weighted by atomic mass is 32.2. The zero-order chi connectivity index (χ0) is 15.7. The van der Waals surface area contributed by atoms with E-state index in [-0.39, 0.29) is 23.5 Å². The van der Waals surface area contributed by atoms with Crippen LogP contribution in [0.2, 0.25) is 0 Å². The van der Waals surface area contributed by atoms with Crippen molar-refractivity contribution >= 4 is 10.0 Å². The molecule has 1 saturated heterocycles. The van der Waals surface area contributed by atoms with E-state index in [0.29, 0.717) is 6.42 Å². The largest absolute Gasteiger partial charge is 0.389 e. The summed E-state index contributed by atoms with van der Waals surface area (Å²) in [6, 6.07) is 3.44. The van der Waals surface area contributed by atoms with Gasteiger partial charge in [-0.05, 0) is 31.5 Å². The molecule has 114 valence electrons. The number of nitrogens with zero attached hydrogens (tertiary/aromatic N) is 1. The van der Waals surface area contributed by atoms with Gasteiger partial charge in [0.15, 0.2) is 0 Å². The number of β-amino-alcohol motifs (C(OH)–C–C–N with tert-alkyl or cyclic N) is 1. The van der Waals surface area contributed by atoms with Crippen LogP contribution in [0.1, 0.15) is 18.9 Å². The summed E-state index contributed by atoms with van der Waals surface area (Å²) in [7, 11) is -3.83. The van der Waals surface area contributed by atoms with Gasteiger partial charge >= 0.3 is 0 Å². The standard InChI is InChI=1S/C14H16FNO4S/c1-14(18)6-7-16(10-14)21(19,20)12-5-4-11(3-2-8-17)13(15)9-12/h4-5,9,17-18H,6-8,10H2,1H3. The third kappa shape index (κ3) is 3.41. The first-order valence-electron chi connectivity index (χ1n) is 6.38. The molecule has 0 bridgehead atoms. The first-order chi connectivity index (χ1) is 9.76.